The first kappa shape index (κ1) is 14.6. The number of benzene rings is 1. The highest BCUT2D eigenvalue weighted by atomic mass is 16.5. The van der Waals surface area contributed by atoms with Crippen LogP contribution in [0.2, 0.25) is 0 Å². The van der Waals surface area contributed by atoms with Gasteiger partial charge in [-0.15, -0.1) is 0 Å². The van der Waals surface area contributed by atoms with Crippen LogP contribution in [0.15, 0.2) is 30.3 Å². The van der Waals surface area contributed by atoms with Gasteiger partial charge in [0.2, 0.25) is 5.95 Å². The minimum Gasteiger partial charge on any atom is -0.497 e. The Bertz CT molecular complexity index is 642. The van der Waals surface area contributed by atoms with E-state index in [1.807, 2.05) is 37.3 Å². The molecular formula is C16H20N4O2. The molecule has 3 rings (SSSR count). The Morgan fingerprint density at radius 2 is 2.00 bits per heavy atom. The Kier molecular flexibility index (Phi) is 4.39. The third-order valence-electron chi connectivity index (χ3n) is 3.48. The molecular weight excluding hydrogens is 280 g/mol. The summed E-state index contributed by atoms with van der Waals surface area (Å²) in [6.07, 6.45) is 0. The van der Waals surface area contributed by atoms with Gasteiger partial charge >= 0.3 is 0 Å². The highest BCUT2D eigenvalue weighted by molar-refractivity contribution is 5.59. The second kappa shape index (κ2) is 6.62. The van der Waals surface area contributed by atoms with Crippen molar-refractivity contribution in [3.8, 4) is 5.75 Å². The minimum absolute atomic E-state index is 0.718. The molecule has 0 spiro atoms. The number of hydrogen-bond acceptors (Lipinski definition) is 6. The molecule has 0 saturated carbocycles. The SMILES string of the molecule is COc1cccc(Nc2cc(C)nc(N3CCOCC3)n2)c1. The molecule has 0 atom stereocenters. The molecule has 0 aliphatic carbocycles. The summed E-state index contributed by atoms with van der Waals surface area (Å²) in [7, 11) is 1.66. The van der Waals surface area contributed by atoms with E-state index in [1.54, 1.807) is 7.11 Å². The van der Waals surface area contributed by atoms with E-state index in [2.05, 4.69) is 20.2 Å². The largest absolute Gasteiger partial charge is 0.497 e. The van der Waals surface area contributed by atoms with Gasteiger partial charge in [0.15, 0.2) is 0 Å². The molecule has 1 aliphatic heterocycles. The number of aryl methyl sites for hydroxylation is 1. The molecule has 0 radical (unpaired) electrons. The molecule has 22 heavy (non-hydrogen) atoms. The van der Waals surface area contributed by atoms with Crippen molar-refractivity contribution < 1.29 is 9.47 Å². The number of morpholine rings is 1. The zero-order valence-corrected chi connectivity index (χ0v) is 12.9. The summed E-state index contributed by atoms with van der Waals surface area (Å²) >= 11 is 0. The predicted octanol–water partition coefficient (Wildman–Crippen LogP) is 2.37. The zero-order valence-electron chi connectivity index (χ0n) is 12.9. The summed E-state index contributed by atoms with van der Waals surface area (Å²) in [4.78, 5) is 11.3. The Labute approximate surface area is 130 Å². The fourth-order valence-electron chi connectivity index (χ4n) is 2.37. The van der Waals surface area contributed by atoms with Gasteiger partial charge < -0.3 is 19.7 Å². The lowest BCUT2D eigenvalue weighted by atomic mass is 10.3. The van der Waals surface area contributed by atoms with E-state index in [4.69, 9.17) is 9.47 Å². The van der Waals surface area contributed by atoms with E-state index < -0.39 is 0 Å². The summed E-state index contributed by atoms with van der Waals surface area (Å²) in [5.74, 6) is 2.33. The molecule has 1 N–H and O–H groups in total. The van der Waals surface area contributed by atoms with Crippen LogP contribution < -0.4 is 15.0 Å². The van der Waals surface area contributed by atoms with Crippen LogP contribution in [0.25, 0.3) is 0 Å². The molecule has 1 aromatic heterocycles. The fraction of sp³-hybridized carbons (Fsp3) is 0.375. The van der Waals surface area contributed by atoms with E-state index in [9.17, 15) is 0 Å². The summed E-state index contributed by atoms with van der Waals surface area (Å²) in [6, 6.07) is 9.71. The lowest BCUT2D eigenvalue weighted by Gasteiger charge is -2.27. The smallest absolute Gasteiger partial charge is 0.227 e. The second-order valence-electron chi connectivity index (χ2n) is 5.15. The molecule has 2 aromatic rings. The number of hydrogen-bond donors (Lipinski definition) is 1. The normalized spacial score (nSPS) is 14.7. The van der Waals surface area contributed by atoms with E-state index in [-0.39, 0.29) is 0 Å². The summed E-state index contributed by atoms with van der Waals surface area (Å²) < 4.78 is 10.6. The highest BCUT2D eigenvalue weighted by Crippen LogP contribution is 2.22. The number of ether oxygens (including phenoxy) is 2. The van der Waals surface area contributed by atoms with Gasteiger partial charge in [-0.1, -0.05) is 6.07 Å². The average molecular weight is 300 g/mol. The Morgan fingerprint density at radius 1 is 1.18 bits per heavy atom. The maximum Gasteiger partial charge on any atom is 0.227 e. The number of nitrogens with zero attached hydrogens (tertiary/aromatic N) is 3. The molecule has 6 heteroatoms. The number of anilines is 3. The van der Waals surface area contributed by atoms with Gasteiger partial charge in [-0.05, 0) is 19.1 Å². The molecule has 1 aromatic carbocycles. The zero-order chi connectivity index (χ0) is 15.4. The van der Waals surface area contributed by atoms with Gasteiger partial charge in [0.25, 0.3) is 0 Å². The van der Waals surface area contributed by atoms with Gasteiger partial charge in [-0.2, -0.15) is 4.98 Å². The fourth-order valence-corrected chi connectivity index (χ4v) is 2.37. The van der Waals surface area contributed by atoms with E-state index >= 15 is 0 Å². The minimum atomic E-state index is 0.718. The van der Waals surface area contributed by atoms with Crippen LogP contribution in [0.5, 0.6) is 5.75 Å². The van der Waals surface area contributed by atoms with Crippen LogP contribution in [-0.2, 0) is 4.74 Å². The Hall–Kier alpha value is -2.34. The van der Waals surface area contributed by atoms with Crippen LogP contribution >= 0.6 is 0 Å². The first-order valence-corrected chi connectivity index (χ1v) is 7.34. The lowest BCUT2D eigenvalue weighted by molar-refractivity contribution is 0.122. The number of nitrogens with one attached hydrogen (secondary N) is 1. The third kappa shape index (κ3) is 3.46. The quantitative estimate of drug-likeness (QED) is 0.935. The van der Waals surface area contributed by atoms with Crippen molar-refractivity contribution in [2.24, 2.45) is 0 Å². The van der Waals surface area contributed by atoms with Gasteiger partial charge in [0, 0.05) is 36.6 Å². The maximum atomic E-state index is 5.38. The average Bonchev–Trinajstić information content (AvgIpc) is 2.55. The second-order valence-corrected chi connectivity index (χ2v) is 5.15. The molecule has 1 fully saturated rings. The third-order valence-corrected chi connectivity index (χ3v) is 3.48. The molecule has 2 heterocycles. The lowest BCUT2D eigenvalue weighted by Crippen LogP contribution is -2.37. The van der Waals surface area contributed by atoms with E-state index in [0.717, 1.165) is 55.2 Å². The van der Waals surface area contributed by atoms with E-state index in [0.29, 0.717) is 0 Å². The van der Waals surface area contributed by atoms with Crippen LogP contribution in [0.1, 0.15) is 5.69 Å². The van der Waals surface area contributed by atoms with Gasteiger partial charge in [0.05, 0.1) is 20.3 Å². The molecule has 1 saturated heterocycles. The first-order valence-electron chi connectivity index (χ1n) is 7.34. The van der Waals surface area contributed by atoms with Gasteiger partial charge in [-0.25, -0.2) is 4.98 Å². The van der Waals surface area contributed by atoms with Crippen LogP contribution in [0, 0.1) is 6.92 Å². The van der Waals surface area contributed by atoms with Gasteiger partial charge in [0.1, 0.15) is 11.6 Å². The van der Waals surface area contributed by atoms with Crippen molar-refractivity contribution in [2.45, 2.75) is 6.92 Å². The van der Waals surface area contributed by atoms with E-state index in [1.165, 1.54) is 0 Å². The predicted molar refractivity (Wildman–Crippen MR) is 86.1 cm³/mol. The molecule has 6 nitrogen and oxygen atoms in total. The van der Waals surface area contributed by atoms with Crippen molar-refractivity contribution in [3.63, 3.8) is 0 Å². The van der Waals surface area contributed by atoms with Crippen LogP contribution in [0.3, 0.4) is 0 Å². The monoisotopic (exact) mass is 300 g/mol. The Balaban J connectivity index is 1.82. The highest BCUT2D eigenvalue weighted by Gasteiger charge is 2.15. The van der Waals surface area contributed by atoms with Gasteiger partial charge in [-0.3, -0.25) is 0 Å². The summed E-state index contributed by atoms with van der Waals surface area (Å²) in [5, 5.41) is 3.31. The molecule has 1 aliphatic rings. The number of aromatic nitrogens is 2. The van der Waals surface area contributed by atoms with Crippen LogP contribution in [-0.4, -0.2) is 43.4 Å². The van der Waals surface area contributed by atoms with Crippen molar-refractivity contribution in [2.75, 3.05) is 43.6 Å². The van der Waals surface area contributed by atoms with Crippen molar-refractivity contribution >= 4 is 17.5 Å². The Morgan fingerprint density at radius 3 is 2.77 bits per heavy atom. The summed E-state index contributed by atoms with van der Waals surface area (Å²) in [6.45, 7) is 5.05. The molecule has 0 amide bonds. The molecule has 0 unspecified atom stereocenters. The van der Waals surface area contributed by atoms with Crippen LogP contribution in [0.4, 0.5) is 17.5 Å². The summed E-state index contributed by atoms with van der Waals surface area (Å²) in [5.41, 5.74) is 1.87. The van der Waals surface area contributed by atoms with Crippen molar-refractivity contribution in [1.29, 1.82) is 0 Å². The maximum absolute atomic E-state index is 5.38. The molecule has 0 bridgehead atoms. The van der Waals surface area contributed by atoms with Crippen molar-refractivity contribution in [3.05, 3.63) is 36.0 Å². The number of methoxy groups -OCH3 is 1. The standard InChI is InChI=1S/C16H20N4O2/c1-12-10-15(18-13-4-3-5-14(11-13)21-2)19-16(17-12)20-6-8-22-9-7-20/h3-5,10-11H,6-9H2,1-2H3,(H,17,18,19). The topological polar surface area (TPSA) is 59.5 Å². The van der Waals surface area contributed by atoms with Crippen molar-refractivity contribution in [1.82, 2.24) is 9.97 Å². The first-order chi connectivity index (χ1) is 10.7. The molecule has 116 valence electrons. The number of rotatable bonds is 4.